The van der Waals surface area contributed by atoms with Gasteiger partial charge in [0.05, 0.1) is 16.4 Å². The first kappa shape index (κ1) is 17.7. The highest BCUT2D eigenvalue weighted by Gasteiger charge is 2.31. The van der Waals surface area contributed by atoms with Crippen LogP contribution >= 0.6 is 11.3 Å². The molecule has 0 radical (unpaired) electrons. The molecule has 1 amide bonds. The molecule has 0 saturated heterocycles. The van der Waals surface area contributed by atoms with Crippen molar-refractivity contribution < 1.29 is 9.53 Å². The number of ether oxygens (including phenoxy) is 1. The Bertz CT molecular complexity index is 981. The predicted octanol–water partition coefficient (Wildman–Crippen LogP) is 4.78. The molecule has 1 unspecified atom stereocenters. The number of nitrogens with zero attached hydrogens (tertiary/aromatic N) is 2. The molecule has 0 saturated carbocycles. The molecule has 4 nitrogen and oxygen atoms in total. The Balaban J connectivity index is 1.69. The average Bonchev–Trinajstić information content (AvgIpc) is 3.01. The molecule has 0 spiro atoms. The Labute approximate surface area is 163 Å². The van der Waals surface area contributed by atoms with Crippen molar-refractivity contribution in [3.05, 3.63) is 64.0 Å². The van der Waals surface area contributed by atoms with E-state index in [2.05, 4.69) is 24.0 Å². The number of hydrogen-bond donors (Lipinski definition) is 0. The Kier molecular flexibility index (Phi) is 4.70. The maximum atomic E-state index is 12.8. The van der Waals surface area contributed by atoms with E-state index in [1.54, 1.807) is 11.3 Å². The number of thiazole rings is 1. The summed E-state index contributed by atoms with van der Waals surface area (Å²) in [7, 11) is 0. The SMILES string of the molecule is Cc1nc(-c2ccc3c(c2)N(CCc2ccccc2)C(=O)C(C)O3)c(C)s1. The van der Waals surface area contributed by atoms with E-state index in [4.69, 9.17) is 4.74 Å². The zero-order valence-electron chi connectivity index (χ0n) is 15.7. The lowest BCUT2D eigenvalue weighted by Crippen LogP contribution is -2.45. The second kappa shape index (κ2) is 7.16. The normalized spacial score (nSPS) is 16.2. The van der Waals surface area contributed by atoms with Crippen LogP contribution in [-0.4, -0.2) is 23.5 Å². The zero-order valence-corrected chi connectivity index (χ0v) is 16.5. The van der Waals surface area contributed by atoms with Crippen molar-refractivity contribution >= 4 is 22.9 Å². The van der Waals surface area contributed by atoms with Crippen molar-refractivity contribution in [1.29, 1.82) is 0 Å². The number of anilines is 1. The lowest BCUT2D eigenvalue weighted by atomic mass is 10.1. The highest BCUT2D eigenvalue weighted by Crippen LogP contribution is 2.38. The fraction of sp³-hybridized carbons (Fsp3) is 0.273. The summed E-state index contributed by atoms with van der Waals surface area (Å²) in [5.74, 6) is 0.755. The first-order chi connectivity index (χ1) is 13.0. The van der Waals surface area contributed by atoms with E-state index < -0.39 is 6.10 Å². The van der Waals surface area contributed by atoms with Crippen molar-refractivity contribution in [3.63, 3.8) is 0 Å². The van der Waals surface area contributed by atoms with Gasteiger partial charge in [-0.2, -0.15) is 0 Å². The fourth-order valence-electron chi connectivity index (χ4n) is 3.47. The maximum Gasteiger partial charge on any atom is 0.267 e. The number of carbonyl (C=O) groups excluding carboxylic acids is 1. The summed E-state index contributed by atoms with van der Waals surface area (Å²) in [6.07, 6.45) is 0.333. The number of hydrogen-bond acceptors (Lipinski definition) is 4. The molecule has 2 aromatic carbocycles. The Morgan fingerprint density at radius 3 is 2.63 bits per heavy atom. The molecular weight excluding hydrogens is 356 g/mol. The van der Waals surface area contributed by atoms with Gasteiger partial charge in [0.2, 0.25) is 0 Å². The summed E-state index contributed by atoms with van der Waals surface area (Å²) in [4.78, 5) is 20.5. The minimum atomic E-state index is -0.470. The number of benzene rings is 2. The van der Waals surface area contributed by atoms with Crippen molar-refractivity contribution in [2.75, 3.05) is 11.4 Å². The van der Waals surface area contributed by atoms with E-state index in [-0.39, 0.29) is 5.91 Å². The summed E-state index contributed by atoms with van der Waals surface area (Å²) in [5, 5.41) is 1.04. The van der Waals surface area contributed by atoms with Crippen molar-refractivity contribution in [2.45, 2.75) is 33.3 Å². The van der Waals surface area contributed by atoms with Gasteiger partial charge < -0.3 is 9.64 Å². The fourth-order valence-corrected chi connectivity index (χ4v) is 4.31. The van der Waals surface area contributed by atoms with E-state index in [0.29, 0.717) is 6.54 Å². The summed E-state index contributed by atoms with van der Waals surface area (Å²) < 4.78 is 5.84. The topological polar surface area (TPSA) is 42.4 Å². The van der Waals surface area contributed by atoms with Crippen LogP contribution in [0.2, 0.25) is 0 Å². The minimum absolute atomic E-state index is 0.00163. The highest BCUT2D eigenvalue weighted by atomic mass is 32.1. The molecule has 1 atom stereocenters. The molecule has 0 bridgehead atoms. The monoisotopic (exact) mass is 378 g/mol. The van der Waals surface area contributed by atoms with Gasteiger partial charge in [-0.05, 0) is 51.0 Å². The first-order valence-corrected chi connectivity index (χ1v) is 9.95. The number of fused-ring (bicyclic) bond motifs is 1. The van der Waals surface area contributed by atoms with Crippen molar-refractivity contribution in [1.82, 2.24) is 4.98 Å². The van der Waals surface area contributed by atoms with Gasteiger partial charge in [-0.3, -0.25) is 4.79 Å². The number of amides is 1. The van der Waals surface area contributed by atoms with E-state index in [9.17, 15) is 4.79 Å². The molecule has 0 aliphatic carbocycles. The van der Waals surface area contributed by atoms with E-state index in [1.807, 2.05) is 55.1 Å². The lowest BCUT2D eigenvalue weighted by Gasteiger charge is -2.33. The van der Waals surface area contributed by atoms with Crippen LogP contribution in [0.1, 0.15) is 22.4 Å². The molecule has 1 aromatic heterocycles. The lowest BCUT2D eigenvalue weighted by molar-refractivity contribution is -0.125. The third kappa shape index (κ3) is 3.47. The van der Waals surface area contributed by atoms with E-state index in [0.717, 1.165) is 34.1 Å². The van der Waals surface area contributed by atoms with Crippen LogP contribution < -0.4 is 9.64 Å². The van der Waals surface area contributed by atoms with Gasteiger partial charge >= 0.3 is 0 Å². The molecule has 3 aromatic rings. The Hall–Kier alpha value is -2.66. The van der Waals surface area contributed by atoms with Gasteiger partial charge in [0.1, 0.15) is 5.75 Å². The molecule has 4 rings (SSSR count). The molecule has 0 N–H and O–H groups in total. The van der Waals surface area contributed by atoms with Gasteiger partial charge in [0, 0.05) is 17.0 Å². The highest BCUT2D eigenvalue weighted by molar-refractivity contribution is 7.11. The molecule has 138 valence electrons. The van der Waals surface area contributed by atoms with Gasteiger partial charge in [0.15, 0.2) is 6.10 Å². The second-order valence-corrected chi connectivity index (χ2v) is 8.21. The largest absolute Gasteiger partial charge is 0.479 e. The van der Waals surface area contributed by atoms with Crippen LogP contribution in [0.5, 0.6) is 5.75 Å². The average molecular weight is 378 g/mol. The molecule has 2 heterocycles. The van der Waals surface area contributed by atoms with Gasteiger partial charge in [-0.1, -0.05) is 30.3 Å². The van der Waals surface area contributed by atoms with Gasteiger partial charge in [-0.25, -0.2) is 4.98 Å². The van der Waals surface area contributed by atoms with Crippen molar-refractivity contribution in [2.24, 2.45) is 0 Å². The van der Waals surface area contributed by atoms with Crippen LogP contribution in [0.3, 0.4) is 0 Å². The second-order valence-electron chi connectivity index (χ2n) is 6.81. The number of carbonyl (C=O) groups is 1. The number of rotatable bonds is 4. The molecule has 1 aliphatic heterocycles. The zero-order chi connectivity index (χ0) is 19.0. The summed E-state index contributed by atoms with van der Waals surface area (Å²) in [6.45, 7) is 6.53. The van der Waals surface area contributed by atoms with Crippen molar-refractivity contribution in [3.8, 4) is 17.0 Å². The summed E-state index contributed by atoms with van der Waals surface area (Å²) >= 11 is 1.69. The third-order valence-corrected chi connectivity index (χ3v) is 5.70. The van der Waals surface area contributed by atoms with Crippen LogP contribution in [-0.2, 0) is 11.2 Å². The standard InChI is InChI=1S/C22H22N2O2S/c1-14-22(25)24(12-11-17-7-5-4-6-8-17)19-13-18(9-10-20(19)26-14)21-15(2)27-16(3)23-21/h4-10,13-14H,11-12H2,1-3H3. The molecular formula is C22H22N2O2S. The first-order valence-electron chi connectivity index (χ1n) is 9.13. The quantitative estimate of drug-likeness (QED) is 0.656. The van der Waals surface area contributed by atoms with Gasteiger partial charge in [0.25, 0.3) is 5.91 Å². The minimum Gasteiger partial charge on any atom is -0.479 e. The van der Waals surface area contributed by atoms with E-state index >= 15 is 0 Å². The van der Waals surface area contributed by atoms with Crippen LogP contribution in [0.25, 0.3) is 11.3 Å². The maximum absolute atomic E-state index is 12.8. The van der Waals surface area contributed by atoms with Crippen LogP contribution in [0.4, 0.5) is 5.69 Å². The van der Waals surface area contributed by atoms with Crippen LogP contribution in [0.15, 0.2) is 48.5 Å². The summed E-state index contributed by atoms with van der Waals surface area (Å²) in [5.41, 5.74) is 4.05. The van der Waals surface area contributed by atoms with E-state index in [1.165, 1.54) is 10.4 Å². The number of aryl methyl sites for hydroxylation is 2. The smallest absolute Gasteiger partial charge is 0.267 e. The summed E-state index contributed by atoms with van der Waals surface area (Å²) in [6, 6.07) is 16.3. The molecule has 27 heavy (non-hydrogen) atoms. The number of aromatic nitrogens is 1. The molecule has 1 aliphatic rings. The molecule has 5 heteroatoms. The third-order valence-electron chi connectivity index (χ3n) is 4.81. The van der Waals surface area contributed by atoms with Gasteiger partial charge in [-0.15, -0.1) is 11.3 Å². The van der Waals surface area contributed by atoms with Crippen LogP contribution in [0, 0.1) is 13.8 Å². The Morgan fingerprint density at radius 1 is 1.15 bits per heavy atom. The predicted molar refractivity (Wildman–Crippen MR) is 110 cm³/mol. The Morgan fingerprint density at radius 2 is 1.93 bits per heavy atom. The molecule has 0 fully saturated rings.